The predicted octanol–water partition coefficient (Wildman–Crippen LogP) is 5.50. The van der Waals surface area contributed by atoms with E-state index in [9.17, 15) is 19.2 Å². The highest BCUT2D eigenvalue weighted by Crippen LogP contribution is 2.34. The Hall–Kier alpha value is -4.69. The third-order valence-corrected chi connectivity index (χ3v) is 6.33. The van der Waals surface area contributed by atoms with Gasteiger partial charge in [0.1, 0.15) is 11.8 Å². The van der Waals surface area contributed by atoms with Gasteiger partial charge in [0.05, 0.1) is 18.9 Å². The van der Waals surface area contributed by atoms with E-state index in [2.05, 4.69) is 5.32 Å². The van der Waals surface area contributed by atoms with Crippen LogP contribution in [0.1, 0.15) is 43.3 Å². The number of aromatic carboxylic acids is 1. The van der Waals surface area contributed by atoms with E-state index in [4.69, 9.17) is 25.6 Å². The number of anilines is 1. The van der Waals surface area contributed by atoms with Crippen molar-refractivity contribution in [3.05, 3.63) is 117 Å². The fourth-order valence-corrected chi connectivity index (χ4v) is 4.33. The lowest BCUT2D eigenvalue weighted by atomic mass is 9.97. The van der Waals surface area contributed by atoms with Crippen LogP contribution in [-0.4, -0.2) is 34.4 Å². The summed E-state index contributed by atoms with van der Waals surface area (Å²) in [5.41, 5.74) is 0.543. The maximum Gasteiger partial charge on any atom is 0.335 e. The maximum absolute atomic E-state index is 13.6. The molecule has 198 valence electrons. The maximum atomic E-state index is 13.6. The number of carbonyl (C=O) groups excluding carboxylic acids is 2. The first kappa shape index (κ1) is 23.4. The van der Waals surface area contributed by atoms with E-state index in [1.165, 1.54) is 60.3 Å². The van der Waals surface area contributed by atoms with Gasteiger partial charge in [-0.2, -0.15) is 0 Å². The van der Waals surface area contributed by atoms with Gasteiger partial charge in [-0.15, -0.1) is 0 Å². The van der Waals surface area contributed by atoms with Crippen molar-refractivity contribution < 1.29 is 28.3 Å². The number of rotatable bonds is 9. The fourth-order valence-electron chi connectivity index (χ4n) is 4.16. The van der Waals surface area contributed by atoms with Gasteiger partial charge in [-0.05, 0) is 60.4 Å². The number of halogens is 1. The molecule has 1 atom stereocenters. The number of carbonyl (C=O) groups is 3. The van der Waals surface area contributed by atoms with Crippen molar-refractivity contribution in [2.24, 2.45) is 0 Å². The highest BCUT2D eigenvalue weighted by molar-refractivity contribution is 6.31. The molecule has 0 aliphatic rings. The highest BCUT2D eigenvalue weighted by Gasteiger charge is 2.25. The topological polar surface area (TPSA) is 115 Å². The van der Waals surface area contributed by atoms with Gasteiger partial charge in [-0.25, -0.2) is 4.79 Å². The number of carboxylic acid groups (broad SMARTS) is 1. The van der Waals surface area contributed by atoms with Gasteiger partial charge in [0.2, 0.25) is 5.91 Å². The van der Waals surface area contributed by atoms with Crippen LogP contribution in [0.5, 0.6) is 5.75 Å². The molecular weight excluding hydrogens is 520 g/mol. The van der Waals surface area contributed by atoms with Crippen molar-refractivity contribution in [2.75, 3.05) is 12.4 Å². The molecule has 0 aliphatic heterocycles. The van der Waals surface area contributed by atoms with Crippen molar-refractivity contribution in [1.82, 2.24) is 4.57 Å². The SMILES string of the molecule is [2H]C([2H])([2H])C(=O)c1ccc(Cl)cc1-c1cc(=O)n([C@@H](Cc2ccccc2)C(=O)Nc2ccc(C(=O)O)cc2)cc1OC. The number of methoxy groups -OCH3 is 1. The molecule has 0 saturated heterocycles. The predicted molar refractivity (Wildman–Crippen MR) is 149 cm³/mol. The van der Waals surface area contributed by atoms with Gasteiger partial charge in [-0.3, -0.25) is 19.0 Å². The molecule has 1 amide bonds. The molecule has 0 bridgehead atoms. The molecule has 2 N–H and O–H groups in total. The molecule has 0 unspecified atom stereocenters. The van der Waals surface area contributed by atoms with Gasteiger partial charge < -0.3 is 15.2 Å². The lowest BCUT2D eigenvalue weighted by Gasteiger charge is -2.22. The number of hydrogen-bond donors (Lipinski definition) is 2. The second-order valence-corrected chi connectivity index (χ2v) is 9.03. The molecule has 0 aliphatic carbocycles. The summed E-state index contributed by atoms with van der Waals surface area (Å²) in [6.07, 6.45) is 1.44. The average Bonchev–Trinajstić information content (AvgIpc) is 2.96. The summed E-state index contributed by atoms with van der Waals surface area (Å²) in [5.74, 6) is -2.71. The second-order valence-electron chi connectivity index (χ2n) is 8.60. The second kappa shape index (κ2) is 11.8. The summed E-state index contributed by atoms with van der Waals surface area (Å²) < 4.78 is 29.5. The van der Waals surface area contributed by atoms with Crippen LogP contribution in [0.4, 0.5) is 5.69 Å². The van der Waals surface area contributed by atoms with Crippen LogP contribution >= 0.6 is 11.6 Å². The Balaban J connectivity index is 1.81. The number of ether oxygens (including phenoxy) is 1. The number of carboxylic acids is 1. The molecule has 8 nitrogen and oxygen atoms in total. The van der Waals surface area contributed by atoms with E-state index >= 15 is 0 Å². The molecule has 3 aromatic carbocycles. The van der Waals surface area contributed by atoms with E-state index in [0.29, 0.717) is 5.69 Å². The Morgan fingerprint density at radius 1 is 1.03 bits per heavy atom. The summed E-state index contributed by atoms with van der Waals surface area (Å²) >= 11 is 6.18. The van der Waals surface area contributed by atoms with Crippen LogP contribution in [0.25, 0.3) is 11.1 Å². The molecule has 0 spiro atoms. The molecule has 9 heteroatoms. The van der Waals surface area contributed by atoms with Crippen molar-refractivity contribution in [2.45, 2.75) is 19.3 Å². The number of hydrogen-bond acceptors (Lipinski definition) is 5. The zero-order valence-electron chi connectivity index (χ0n) is 23.7. The molecule has 1 heterocycles. The lowest BCUT2D eigenvalue weighted by Crippen LogP contribution is -2.34. The van der Waals surface area contributed by atoms with Crippen molar-refractivity contribution in [3.8, 4) is 16.9 Å². The van der Waals surface area contributed by atoms with Gasteiger partial charge in [0, 0.05) is 38.4 Å². The minimum absolute atomic E-state index is 0.0442. The number of Topliss-reactive ketones (excluding diaryl/α,β-unsaturated/α-hetero) is 1. The quantitative estimate of drug-likeness (QED) is 0.267. The molecule has 39 heavy (non-hydrogen) atoms. The summed E-state index contributed by atoms with van der Waals surface area (Å²) in [6.45, 7) is -2.94. The van der Waals surface area contributed by atoms with Gasteiger partial charge in [0.15, 0.2) is 5.78 Å². The molecule has 0 saturated carbocycles. The van der Waals surface area contributed by atoms with Crippen LogP contribution in [0.3, 0.4) is 0 Å². The van der Waals surface area contributed by atoms with Crippen LogP contribution in [0.2, 0.25) is 5.02 Å². The Morgan fingerprint density at radius 2 is 1.74 bits per heavy atom. The fraction of sp³-hybridized carbons (Fsp3) is 0.133. The minimum atomic E-state index is -2.94. The number of benzene rings is 3. The Bertz CT molecular complexity index is 1700. The number of ketones is 1. The minimum Gasteiger partial charge on any atom is -0.495 e. The van der Waals surface area contributed by atoms with E-state index in [1.54, 1.807) is 24.3 Å². The van der Waals surface area contributed by atoms with Crippen LogP contribution in [0, 0.1) is 0 Å². The largest absolute Gasteiger partial charge is 0.495 e. The molecular formula is C30H25ClN2O6. The third-order valence-electron chi connectivity index (χ3n) is 6.09. The van der Waals surface area contributed by atoms with E-state index in [-0.39, 0.29) is 39.4 Å². The first-order valence-electron chi connectivity index (χ1n) is 13.2. The first-order chi connectivity index (χ1) is 19.9. The molecule has 0 radical (unpaired) electrons. The number of pyridine rings is 1. The van der Waals surface area contributed by atoms with E-state index < -0.39 is 36.1 Å². The van der Waals surface area contributed by atoms with Crippen LogP contribution < -0.4 is 15.6 Å². The molecule has 1 aromatic heterocycles. The number of aromatic nitrogens is 1. The summed E-state index contributed by atoms with van der Waals surface area (Å²) in [6, 6.07) is 18.7. The van der Waals surface area contributed by atoms with Crippen LogP contribution in [0.15, 0.2) is 89.9 Å². The van der Waals surface area contributed by atoms with Gasteiger partial charge >= 0.3 is 5.97 Å². The molecule has 0 fully saturated rings. The zero-order chi connectivity index (χ0) is 30.6. The Labute approximate surface area is 233 Å². The normalized spacial score (nSPS) is 12.9. The van der Waals surface area contributed by atoms with E-state index in [1.807, 2.05) is 6.07 Å². The van der Waals surface area contributed by atoms with E-state index in [0.717, 1.165) is 11.6 Å². The number of nitrogens with one attached hydrogen (secondary N) is 1. The molecule has 4 aromatic rings. The summed E-state index contributed by atoms with van der Waals surface area (Å²) in [5, 5.41) is 12.1. The molecule has 4 rings (SSSR count). The van der Waals surface area contributed by atoms with Gasteiger partial charge in [0.25, 0.3) is 5.56 Å². The Morgan fingerprint density at radius 3 is 2.38 bits per heavy atom. The van der Waals surface area contributed by atoms with Crippen LogP contribution in [-0.2, 0) is 11.2 Å². The van der Waals surface area contributed by atoms with Gasteiger partial charge in [-0.1, -0.05) is 41.9 Å². The highest BCUT2D eigenvalue weighted by atomic mass is 35.5. The lowest BCUT2D eigenvalue weighted by molar-refractivity contribution is -0.119. The first-order valence-corrected chi connectivity index (χ1v) is 12.1. The number of nitrogens with zero attached hydrogens (tertiary/aromatic N) is 1. The Kier molecular flexibility index (Phi) is 7.08. The smallest absolute Gasteiger partial charge is 0.335 e. The van der Waals surface area contributed by atoms with Crippen molar-refractivity contribution >= 4 is 34.9 Å². The summed E-state index contributed by atoms with van der Waals surface area (Å²) in [7, 11) is 1.33. The number of amides is 1. The monoisotopic (exact) mass is 547 g/mol. The summed E-state index contributed by atoms with van der Waals surface area (Å²) in [4.78, 5) is 51.1. The van der Waals surface area contributed by atoms with Crippen molar-refractivity contribution in [1.29, 1.82) is 0 Å². The van der Waals surface area contributed by atoms with Crippen molar-refractivity contribution in [3.63, 3.8) is 0 Å². The third kappa shape index (κ3) is 6.25. The zero-order valence-corrected chi connectivity index (χ0v) is 21.4. The average molecular weight is 548 g/mol. The standard InChI is InChI=1S/C30H25ClN2O6/c1-18(34)23-13-10-21(31)15-24(23)25-16-28(35)33(17-27(25)39-2)26(14-19-6-4-3-5-7-19)29(36)32-22-11-8-20(9-12-22)30(37)38/h3-13,15-17,26H,14H2,1-2H3,(H,32,36)(H,37,38)/t26-/m0/s1/i1D3.